The highest BCUT2D eigenvalue weighted by Crippen LogP contribution is 2.16. The van der Waals surface area contributed by atoms with Crippen LogP contribution in [0.1, 0.15) is 12.5 Å². The Balaban J connectivity index is 1.62. The predicted octanol–water partition coefficient (Wildman–Crippen LogP) is 2.83. The van der Waals surface area contributed by atoms with E-state index in [9.17, 15) is 4.79 Å². The first kappa shape index (κ1) is 17.7. The predicted molar refractivity (Wildman–Crippen MR) is 92.8 cm³/mol. The Morgan fingerprint density at radius 1 is 0.917 bits per heavy atom. The van der Waals surface area contributed by atoms with Gasteiger partial charge in [0.1, 0.15) is 23.9 Å². The van der Waals surface area contributed by atoms with Gasteiger partial charge in [-0.25, -0.2) is 0 Å². The second-order valence-electron chi connectivity index (χ2n) is 5.16. The molecule has 5 heteroatoms. The van der Waals surface area contributed by atoms with Crippen LogP contribution in [-0.4, -0.2) is 32.8 Å². The number of amides is 1. The molecule has 0 spiro atoms. The van der Waals surface area contributed by atoms with Gasteiger partial charge in [-0.15, -0.1) is 0 Å². The lowest BCUT2D eigenvalue weighted by Gasteiger charge is -2.09. The number of carbonyl (C=O) groups excluding carboxylic acids is 1. The van der Waals surface area contributed by atoms with Gasteiger partial charge in [-0.3, -0.25) is 4.79 Å². The number of hydrogen-bond donors (Lipinski definition) is 1. The average Bonchev–Trinajstić information content (AvgIpc) is 2.64. The molecule has 24 heavy (non-hydrogen) atoms. The van der Waals surface area contributed by atoms with E-state index in [0.29, 0.717) is 18.9 Å². The van der Waals surface area contributed by atoms with Crippen molar-refractivity contribution in [1.82, 2.24) is 5.32 Å². The summed E-state index contributed by atoms with van der Waals surface area (Å²) in [7, 11) is 1.62. The molecule has 0 fully saturated rings. The number of hydrogen-bond acceptors (Lipinski definition) is 4. The summed E-state index contributed by atoms with van der Waals surface area (Å²) >= 11 is 0. The molecule has 0 aliphatic heterocycles. The standard InChI is InChI=1S/C19H23NO4/c1-3-15-4-6-18(7-5-15)24-14-19(21)20-12-13-23-17-10-8-16(22-2)9-11-17/h4-11H,3,12-14H2,1-2H3,(H,20,21). The fourth-order valence-corrected chi connectivity index (χ4v) is 2.05. The molecule has 0 saturated carbocycles. The highest BCUT2D eigenvalue weighted by molar-refractivity contribution is 5.77. The van der Waals surface area contributed by atoms with Gasteiger partial charge in [-0.2, -0.15) is 0 Å². The highest BCUT2D eigenvalue weighted by atomic mass is 16.5. The van der Waals surface area contributed by atoms with Crippen molar-refractivity contribution in [3.8, 4) is 17.2 Å². The minimum Gasteiger partial charge on any atom is -0.497 e. The van der Waals surface area contributed by atoms with Crippen LogP contribution < -0.4 is 19.5 Å². The van der Waals surface area contributed by atoms with Crippen LogP contribution in [0.5, 0.6) is 17.2 Å². The van der Waals surface area contributed by atoms with Gasteiger partial charge in [0.15, 0.2) is 6.61 Å². The molecule has 0 unspecified atom stereocenters. The summed E-state index contributed by atoms with van der Waals surface area (Å²) < 4.78 is 16.1. The molecule has 0 atom stereocenters. The molecule has 0 aliphatic rings. The van der Waals surface area contributed by atoms with Crippen molar-refractivity contribution >= 4 is 5.91 Å². The number of rotatable bonds is 9. The quantitative estimate of drug-likeness (QED) is 0.719. The zero-order chi connectivity index (χ0) is 17.2. The Bertz CT molecular complexity index is 623. The molecule has 1 amide bonds. The number of ether oxygens (including phenoxy) is 3. The summed E-state index contributed by atoms with van der Waals surface area (Å²) in [5, 5.41) is 2.75. The van der Waals surface area contributed by atoms with E-state index in [4.69, 9.17) is 14.2 Å². The first-order valence-corrected chi connectivity index (χ1v) is 7.96. The lowest BCUT2D eigenvalue weighted by atomic mass is 10.2. The molecule has 5 nitrogen and oxygen atoms in total. The summed E-state index contributed by atoms with van der Waals surface area (Å²) in [4.78, 5) is 11.7. The fraction of sp³-hybridized carbons (Fsp3) is 0.316. The van der Waals surface area contributed by atoms with Crippen LogP contribution in [0, 0.1) is 0 Å². The molecule has 0 radical (unpaired) electrons. The van der Waals surface area contributed by atoms with Crippen molar-refractivity contribution in [3.05, 3.63) is 54.1 Å². The van der Waals surface area contributed by atoms with Crippen molar-refractivity contribution < 1.29 is 19.0 Å². The topological polar surface area (TPSA) is 56.8 Å². The molecule has 0 bridgehead atoms. The molecule has 2 rings (SSSR count). The molecular weight excluding hydrogens is 306 g/mol. The number of benzene rings is 2. The first-order chi connectivity index (χ1) is 11.7. The minimum atomic E-state index is -0.173. The maximum absolute atomic E-state index is 11.7. The molecule has 0 aromatic heterocycles. The summed E-state index contributed by atoms with van der Waals surface area (Å²) in [6, 6.07) is 15.0. The van der Waals surface area contributed by atoms with E-state index >= 15 is 0 Å². The van der Waals surface area contributed by atoms with Gasteiger partial charge in [0.25, 0.3) is 5.91 Å². The van der Waals surface area contributed by atoms with Gasteiger partial charge >= 0.3 is 0 Å². The Morgan fingerprint density at radius 3 is 2.12 bits per heavy atom. The van der Waals surface area contributed by atoms with E-state index in [-0.39, 0.29) is 12.5 Å². The zero-order valence-electron chi connectivity index (χ0n) is 14.1. The lowest BCUT2D eigenvalue weighted by molar-refractivity contribution is -0.123. The molecule has 0 aliphatic carbocycles. The lowest BCUT2D eigenvalue weighted by Crippen LogP contribution is -2.32. The Hall–Kier alpha value is -2.69. The molecule has 0 heterocycles. The fourth-order valence-electron chi connectivity index (χ4n) is 2.05. The third kappa shape index (κ3) is 5.83. The van der Waals surface area contributed by atoms with Crippen LogP contribution in [0.15, 0.2) is 48.5 Å². The number of nitrogens with one attached hydrogen (secondary N) is 1. The largest absolute Gasteiger partial charge is 0.497 e. The molecule has 2 aromatic carbocycles. The van der Waals surface area contributed by atoms with Gasteiger partial charge in [0.05, 0.1) is 13.7 Å². The number of aryl methyl sites for hydroxylation is 1. The second kappa shape index (κ2) is 9.45. The van der Waals surface area contributed by atoms with Crippen LogP contribution >= 0.6 is 0 Å². The van der Waals surface area contributed by atoms with Crippen molar-refractivity contribution in [2.45, 2.75) is 13.3 Å². The van der Waals surface area contributed by atoms with Crippen molar-refractivity contribution in [2.24, 2.45) is 0 Å². The average molecular weight is 329 g/mol. The van der Waals surface area contributed by atoms with Gasteiger partial charge in [-0.05, 0) is 48.4 Å². The molecule has 1 N–H and O–H groups in total. The summed E-state index contributed by atoms with van der Waals surface area (Å²) in [6.45, 7) is 2.90. The molecule has 128 valence electrons. The van der Waals surface area contributed by atoms with Crippen molar-refractivity contribution in [2.75, 3.05) is 26.9 Å². The Morgan fingerprint density at radius 2 is 1.50 bits per heavy atom. The normalized spacial score (nSPS) is 10.1. The summed E-state index contributed by atoms with van der Waals surface area (Å²) in [6.07, 6.45) is 0.981. The van der Waals surface area contributed by atoms with E-state index in [1.807, 2.05) is 48.5 Å². The van der Waals surface area contributed by atoms with Gasteiger partial charge < -0.3 is 19.5 Å². The maximum atomic E-state index is 11.7. The van der Waals surface area contributed by atoms with Crippen LogP contribution in [0.3, 0.4) is 0 Å². The third-order valence-electron chi connectivity index (χ3n) is 3.45. The van der Waals surface area contributed by atoms with Crippen molar-refractivity contribution in [3.63, 3.8) is 0 Å². The summed E-state index contributed by atoms with van der Waals surface area (Å²) in [5.74, 6) is 2.03. The van der Waals surface area contributed by atoms with Crippen molar-refractivity contribution in [1.29, 1.82) is 0 Å². The van der Waals surface area contributed by atoms with Gasteiger partial charge in [0.2, 0.25) is 0 Å². The maximum Gasteiger partial charge on any atom is 0.258 e. The van der Waals surface area contributed by atoms with E-state index in [1.54, 1.807) is 7.11 Å². The van der Waals surface area contributed by atoms with E-state index in [2.05, 4.69) is 12.2 Å². The molecule has 2 aromatic rings. The minimum absolute atomic E-state index is 0.00594. The van der Waals surface area contributed by atoms with Gasteiger partial charge in [-0.1, -0.05) is 19.1 Å². The molecule has 0 saturated heterocycles. The van der Waals surface area contributed by atoms with E-state index < -0.39 is 0 Å². The molecular formula is C19H23NO4. The smallest absolute Gasteiger partial charge is 0.258 e. The Kier molecular flexibility index (Phi) is 6.95. The zero-order valence-corrected chi connectivity index (χ0v) is 14.1. The summed E-state index contributed by atoms with van der Waals surface area (Å²) in [5.41, 5.74) is 1.24. The van der Waals surface area contributed by atoms with Crippen LogP contribution in [0.25, 0.3) is 0 Å². The van der Waals surface area contributed by atoms with Crippen LogP contribution in [-0.2, 0) is 11.2 Å². The Labute approximate surface area is 142 Å². The number of carbonyl (C=O) groups is 1. The van der Waals surface area contributed by atoms with Crippen LogP contribution in [0.4, 0.5) is 0 Å². The SMILES string of the molecule is CCc1ccc(OCC(=O)NCCOc2ccc(OC)cc2)cc1. The van der Waals surface area contributed by atoms with Crippen LogP contribution in [0.2, 0.25) is 0 Å². The monoisotopic (exact) mass is 329 g/mol. The number of methoxy groups -OCH3 is 1. The second-order valence-corrected chi connectivity index (χ2v) is 5.16. The third-order valence-corrected chi connectivity index (χ3v) is 3.45. The van der Waals surface area contributed by atoms with E-state index in [0.717, 1.165) is 17.9 Å². The van der Waals surface area contributed by atoms with Gasteiger partial charge in [0, 0.05) is 0 Å². The van der Waals surface area contributed by atoms with E-state index in [1.165, 1.54) is 5.56 Å². The first-order valence-electron chi connectivity index (χ1n) is 7.96. The highest BCUT2D eigenvalue weighted by Gasteiger charge is 2.03.